The first-order chi connectivity index (χ1) is 15.0. The van der Waals surface area contributed by atoms with Crippen molar-refractivity contribution in [3.8, 4) is 0 Å². The summed E-state index contributed by atoms with van der Waals surface area (Å²) in [5.74, 6) is -0.549. The Balaban J connectivity index is 1.62. The second-order valence-corrected chi connectivity index (χ2v) is 10.8. The normalized spacial score (nSPS) is 17.4. The molecule has 1 unspecified atom stereocenters. The quantitative estimate of drug-likeness (QED) is 0.646. The van der Waals surface area contributed by atoms with E-state index in [1.807, 2.05) is 36.5 Å². The summed E-state index contributed by atoms with van der Waals surface area (Å²) in [5, 5.41) is 4.92. The summed E-state index contributed by atoms with van der Waals surface area (Å²) in [5.41, 5.74) is -1.18. The van der Waals surface area contributed by atoms with Crippen molar-refractivity contribution in [1.29, 1.82) is 0 Å². The van der Waals surface area contributed by atoms with Crippen molar-refractivity contribution in [2.24, 2.45) is 5.92 Å². The third kappa shape index (κ3) is 5.51. The Morgan fingerprint density at radius 1 is 1.19 bits per heavy atom. The predicted molar refractivity (Wildman–Crippen MR) is 117 cm³/mol. The molecule has 1 saturated heterocycles. The van der Waals surface area contributed by atoms with Crippen LogP contribution in [0.15, 0.2) is 46.7 Å². The molecule has 32 heavy (non-hydrogen) atoms. The van der Waals surface area contributed by atoms with Crippen LogP contribution in [-0.2, 0) is 21.0 Å². The van der Waals surface area contributed by atoms with Gasteiger partial charge in [-0.2, -0.15) is 17.5 Å². The van der Waals surface area contributed by atoms with Gasteiger partial charge in [-0.3, -0.25) is 4.79 Å². The molecule has 1 aliphatic rings. The van der Waals surface area contributed by atoms with Crippen LogP contribution in [0.2, 0.25) is 0 Å². The van der Waals surface area contributed by atoms with Crippen molar-refractivity contribution in [2.45, 2.75) is 30.0 Å². The summed E-state index contributed by atoms with van der Waals surface area (Å²) in [7, 11) is -0.457. The Labute approximate surface area is 190 Å². The van der Waals surface area contributed by atoms with E-state index in [2.05, 4.69) is 5.32 Å². The van der Waals surface area contributed by atoms with Crippen LogP contribution in [0.4, 0.5) is 13.2 Å². The number of carbonyl (C=O) groups is 1. The second kappa shape index (κ2) is 9.90. The van der Waals surface area contributed by atoms with E-state index in [-0.39, 0.29) is 43.8 Å². The van der Waals surface area contributed by atoms with Crippen LogP contribution in [0, 0.1) is 5.92 Å². The molecule has 2 heterocycles. The van der Waals surface area contributed by atoms with Crippen molar-refractivity contribution >= 4 is 27.3 Å². The van der Waals surface area contributed by atoms with Crippen molar-refractivity contribution in [3.05, 3.63) is 52.2 Å². The Hall–Kier alpha value is -1.95. The molecule has 3 rings (SSSR count). The molecule has 2 aromatic rings. The van der Waals surface area contributed by atoms with Gasteiger partial charge in [0.2, 0.25) is 15.9 Å². The number of halogens is 3. The number of nitrogens with one attached hydrogen (secondary N) is 1. The first kappa shape index (κ1) is 24.7. The molecular weight excluding hydrogens is 463 g/mol. The fourth-order valence-corrected chi connectivity index (χ4v) is 6.39. The van der Waals surface area contributed by atoms with Crippen molar-refractivity contribution in [2.75, 3.05) is 33.7 Å². The van der Waals surface area contributed by atoms with Gasteiger partial charge in [0.15, 0.2) is 0 Å². The molecule has 1 amide bonds. The number of piperidine rings is 1. The lowest BCUT2D eigenvalue weighted by atomic mass is 9.97. The van der Waals surface area contributed by atoms with E-state index in [4.69, 9.17) is 0 Å². The van der Waals surface area contributed by atoms with Gasteiger partial charge in [-0.15, -0.1) is 11.3 Å². The highest BCUT2D eigenvalue weighted by Crippen LogP contribution is 2.36. The average Bonchev–Trinajstić information content (AvgIpc) is 3.27. The molecule has 1 aliphatic heterocycles. The smallest absolute Gasteiger partial charge is 0.354 e. The molecule has 1 aromatic heterocycles. The molecule has 0 bridgehead atoms. The SMILES string of the molecule is CN(C)C(CNC(=O)C1CCN(S(=O)(=O)c2ccccc2C(F)(F)F)CC1)c1cccs1. The maximum absolute atomic E-state index is 13.3. The maximum atomic E-state index is 13.3. The first-order valence-electron chi connectivity index (χ1n) is 10.2. The standard InChI is InChI=1S/C21H26F3N3O3S2/c1-26(2)17(18-7-5-13-31-18)14-25-20(28)15-9-11-27(12-10-15)32(29,30)19-8-4-3-6-16(19)21(22,23)24/h3-8,13,15,17H,9-12,14H2,1-2H3,(H,25,28). The number of likely N-dealkylation sites (N-methyl/N-ethyl adjacent to an activating group) is 1. The average molecular weight is 490 g/mol. The monoisotopic (exact) mass is 489 g/mol. The lowest BCUT2D eigenvalue weighted by molar-refractivity contribution is -0.139. The van der Waals surface area contributed by atoms with Gasteiger partial charge in [-0.05, 0) is 50.5 Å². The number of hydrogen-bond acceptors (Lipinski definition) is 5. The van der Waals surface area contributed by atoms with Gasteiger partial charge in [0.05, 0.1) is 16.5 Å². The number of carbonyl (C=O) groups excluding carboxylic acids is 1. The Bertz CT molecular complexity index is 1020. The van der Waals surface area contributed by atoms with Gasteiger partial charge in [0.1, 0.15) is 0 Å². The van der Waals surface area contributed by atoms with E-state index < -0.39 is 26.7 Å². The molecule has 1 aromatic carbocycles. The van der Waals surface area contributed by atoms with E-state index in [1.54, 1.807) is 11.3 Å². The summed E-state index contributed by atoms with van der Waals surface area (Å²) in [4.78, 5) is 15.1. The lowest BCUT2D eigenvalue weighted by Crippen LogP contribution is -2.44. The maximum Gasteiger partial charge on any atom is 0.417 e. The zero-order valence-electron chi connectivity index (χ0n) is 17.8. The van der Waals surface area contributed by atoms with Gasteiger partial charge in [0, 0.05) is 30.4 Å². The first-order valence-corrected chi connectivity index (χ1v) is 12.5. The zero-order chi connectivity index (χ0) is 23.5. The Kier molecular flexibility index (Phi) is 7.64. The van der Waals surface area contributed by atoms with Gasteiger partial charge in [-0.25, -0.2) is 8.42 Å². The zero-order valence-corrected chi connectivity index (χ0v) is 19.4. The van der Waals surface area contributed by atoms with Crippen LogP contribution in [0.1, 0.15) is 29.3 Å². The predicted octanol–water partition coefficient (Wildman–Crippen LogP) is 3.59. The van der Waals surface area contributed by atoms with E-state index in [0.29, 0.717) is 6.54 Å². The number of sulfonamides is 1. The van der Waals surface area contributed by atoms with Gasteiger partial charge in [-0.1, -0.05) is 18.2 Å². The third-order valence-electron chi connectivity index (χ3n) is 5.60. The van der Waals surface area contributed by atoms with Gasteiger partial charge >= 0.3 is 6.18 Å². The third-order valence-corrected chi connectivity index (χ3v) is 8.53. The number of nitrogens with zero attached hydrogens (tertiary/aromatic N) is 2. The van der Waals surface area contributed by atoms with E-state index in [9.17, 15) is 26.4 Å². The summed E-state index contributed by atoms with van der Waals surface area (Å²) in [6, 6.07) is 8.16. The summed E-state index contributed by atoms with van der Waals surface area (Å²) >= 11 is 1.60. The number of benzene rings is 1. The highest BCUT2D eigenvalue weighted by molar-refractivity contribution is 7.89. The fraction of sp³-hybridized carbons (Fsp3) is 0.476. The highest BCUT2D eigenvalue weighted by Gasteiger charge is 2.40. The topological polar surface area (TPSA) is 69.7 Å². The summed E-state index contributed by atoms with van der Waals surface area (Å²) in [6.07, 6.45) is -4.26. The van der Waals surface area contributed by atoms with Crippen LogP contribution >= 0.6 is 11.3 Å². The minimum Gasteiger partial charge on any atom is -0.354 e. The molecule has 11 heteroatoms. The van der Waals surface area contributed by atoms with Crippen LogP contribution in [0.25, 0.3) is 0 Å². The van der Waals surface area contributed by atoms with Gasteiger partial charge < -0.3 is 10.2 Å². The van der Waals surface area contributed by atoms with E-state index in [1.165, 1.54) is 6.07 Å². The summed E-state index contributed by atoms with van der Waals surface area (Å²) in [6.45, 7) is 0.410. The molecule has 0 spiro atoms. The molecule has 1 atom stereocenters. The van der Waals surface area contributed by atoms with E-state index >= 15 is 0 Å². The van der Waals surface area contributed by atoms with Crippen LogP contribution in [-0.4, -0.2) is 57.3 Å². The van der Waals surface area contributed by atoms with Crippen LogP contribution in [0.3, 0.4) is 0 Å². The fourth-order valence-electron chi connectivity index (χ4n) is 3.78. The highest BCUT2D eigenvalue weighted by atomic mass is 32.2. The lowest BCUT2D eigenvalue weighted by Gasteiger charge is -2.32. The Morgan fingerprint density at radius 2 is 1.84 bits per heavy atom. The number of alkyl halides is 3. The number of thiophene rings is 1. The molecular formula is C21H26F3N3O3S2. The molecule has 176 valence electrons. The number of rotatable bonds is 7. The van der Waals surface area contributed by atoms with Crippen molar-refractivity contribution in [1.82, 2.24) is 14.5 Å². The number of amides is 1. The summed E-state index contributed by atoms with van der Waals surface area (Å²) < 4.78 is 66.6. The van der Waals surface area contributed by atoms with Gasteiger partial charge in [0.25, 0.3) is 0 Å². The minimum atomic E-state index is -4.77. The number of hydrogen-bond donors (Lipinski definition) is 1. The van der Waals surface area contributed by atoms with Crippen LogP contribution < -0.4 is 5.32 Å². The van der Waals surface area contributed by atoms with Crippen molar-refractivity contribution < 1.29 is 26.4 Å². The van der Waals surface area contributed by atoms with Crippen molar-refractivity contribution in [3.63, 3.8) is 0 Å². The molecule has 0 radical (unpaired) electrons. The van der Waals surface area contributed by atoms with Crippen LogP contribution in [0.5, 0.6) is 0 Å². The largest absolute Gasteiger partial charge is 0.417 e. The minimum absolute atomic E-state index is 0.00531. The molecule has 1 N–H and O–H groups in total. The molecule has 0 saturated carbocycles. The van der Waals surface area contributed by atoms with E-state index in [0.717, 1.165) is 27.4 Å². The second-order valence-electron chi connectivity index (χ2n) is 7.91. The molecule has 1 fully saturated rings. The Morgan fingerprint density at radius 3 is 2.41 bits per heavy atom. The molecule has 0 aliphatic carbocycles. The molecule has 6 nitrogen and oxygen atoms in total.